The van der Waals surface area contributed by atoms with Crippen molar-refractivity contribution in [2.45, 2.75) is 6.92 Å². The number of hydrogen-bond acceptors (Lipinski definition) is 7. The average Bonchev–Trinajstić information content (AvgIpc) is 3.18. The maximum atomic E-state index is 6.12. The Balaban J connectivity index is 2.09. The Morgan fingerprint density at radius 3 is 2.00 bits per heavy atom. The van der Waals surface area contributed by atoms with Gasteiger partial charge in [0.05, 0.1) is 0 Å². The average molecular weight is 434 g/mol. The van der Waals surface area contributed by atoms with Crippen LogP contribution in [-0.2, 0) is 0 Å². The number of aromatic nitrogens is 2. The van der Waals surface area contributed by atoms with Gasteiger partial charge in [-0.15, -0.1) is 0 Å². The van der Waals surface area contributed by atoms with Crippen molar-refractivity contribution in [1.82, 2.24) is 7.96 Å². The van der Waals surface area contributed by atoms with E-state index in [-0.39, 0.29) is 15.0 Å². The molecule has 0 atom stereocenters. The van der Waals surface area contributed by atoms with Crippen LogP contribution in [-0.4, -0.2) is 50.9 Å². The summed E-state index contributed by atoms with van der Waals surface area (Å²) in [7, 11) is 4.75. The zero-order chi connectivity index (χ0) is 19.4. The molecule has 142 valence electrons. The summed E-state index contributed by atoms with van der Waals surface area (Å²) < 4.78 is 31.0. The van der Waals surface area contributed by atoms with Crippen molar-refractivity contribution in [3.63, 3.8) is 0 Å². The summed E-state index contributed by atoms with van der Waals surface area (Å²) in [6.07, 6.45) is 0. The molecule has 0 saturated heterocycles. The number of methoxy groups -OCH3 is 3. The fourth-order valence-electron chi connectivity index (χ4n) is 2.77. The van der Waals surface area contributed by atoms with Gasteiger partial charge in [0.2, 0.25) is 0 Å². The van der Waals surface area contributed by atoms with Gasteiger partial charge in [-0.2, -0.15) is 0 Å². The molecule has 8 heteroatoms. The third-order valence-electron chi connectivity index (χ3n) is 4.01. The number of nitrogen functional groups attached to an aromatic ring is 1. The monoisotopic (exact) mass is 435 g/mol. The number of nitrogens with two attached hydrogens (primary N) is 1. The third-order valence-corrected chi connectivity index (χ3v) is 5.12. The van der Waals surface area contributed by atoms with Crippen molar-refractivity contribution < 1.29 is 18.9 Å². The Morgan fingerprint density at radius 2 is 1.48 bits per heavy atom. The van der Waals surface area contributed by atoms with E-state index in [0.29, 0.717) is 35.3 Å². The molecule has 7 nitrogen and oxygen atoms in total. The van der Waals surface area contributed by atoms with E-state index in [9.17, 15) is 0 Å². The van der Waals surface area contributed by atoms with E-state index in [1.165, 1.54) is 0 Å². The molecule has 0 spiro atoms. The van der Waals surface area contributed by atoms with Crippen LogP contribution < -0.4 is 24.7 Å². The van der Waals surface area contributed by atoms with Gasteiger partial charge in [-0.1, -0.05) is 0 Å². The van der Waals surface area contributed by atoms with Crippen molar-refractivity contribution in [1.29, 1.82) is 0 Å². The molecule has 1 aromatic heterocycles. The van der Waals surface area contributed by atoms with Gasteiger partial charge in [0, 0.05) is 0 Å². The van der Waals surface area contributed by atoms with Gasteiger partial charge in [-0.3, -0.25) is 0 Å². The molecule has 0 saturated carbocycles. The second-order valence-electron chi connectivity index (χ2n) is 5.56. The number of benzene rings is 2. The first-order valence-corrected chi connectivity index (χ1v) is 9.81. The molecule has 0 aliphatic carbocycles. The molecule has 2 N–H and O–H groups in total. The molecule has 3 rings (SSSR count). The van der Waals surface area contributed by atoms with Crippen molar-refractivity contribution in [3.8, 4) is 45.5 Å². The van der Waals surface area contributed by atoms with Crippen LogP contribution in [0, 0.1) is 0 Å². The predicted molar refractivity (Wildman–Crippen MR) is 105 cm³/mol. The van der Waals surface area contributed by atoms with E-state index < -0.39 is 0 Å². The van der Waals surface area contributed by atoms with E-state index in [1.807, 2.05) is 37.3 Å². The molecule has 0 radical (unpaired) electrons. The number of rotatable bonds is 7. The van der Waals surface area contributed by atoms with Crippen LogP contribution in [0.15, 0.2) is 30.3 Å². The first-order chi connectivity index (χ1) is 13.1. The fourth-order valence-corrected chi connectivity index (χ4v) is 4.00. The Morgan fingerprint density at radius 1 is 0.852 bits per heavy atom. The van der Waals surface area contributed by atoms with Crippen molar-refractivity contribution in [3.05, 3.63) is 30.3 Å². The molecule has 0 bridgehead atoms. The molecular weight excluding hydrogens is 413 g/mol. The normalized spacial score (nSPS) is 10.5. The number of hydrogen-bond donors (Lipinski definition) is 1. The van der Waals surface area contributed by atoms with E-state index in [4.69, 9.17) is 24.7 Å². The summed E-state index contributed by atoms with van der Waals surface area (Å²) >= 11 is -0.224. The molecule has 0 amide bonds. The van der Waals surface area contributed by atoms with Crippen LogP contribution in [0.3, 0.4) is 0 Å². The summed E-state index contributed by atoms with van der Waals surface area (Å²) in [4.78, 5) is 0. The number of ether oxygens (including phenoxy) is 4. The van der Waals surface area contributed by atoms with Gasteiger partial charge in [0.1, 0.15) is 0 Å². The van der Waals surface area contributed by atoms with Crippen LogP contribution in [0.2, 0.25) is 0 Å². The van der Waals surface area contributed by atoms with E-state index >= 15 is 0 Å². The third kappa shape index (κ3) is 3.72. The summed E-state index contributed by atoms with van der Waals surface area (Å²) in [5.41, 5.74) is 9.99. The standard InChI is InChI=1S/C19H21N3O4Se/c1-5-26-14-7-6-11(8-13(14)20)17-18(22-27-21-17)12-9-15(23-2)19(25-4)16(10-12)24-3/h6-10H,5,20H2,1-4H3. The van der Waals surface area contributed by atoms with Crippen LogP contribution in [0.25, 0.3) is 22.5 Å². The van der Waals surface area contributed by atoms with Gasteiger partial charge in [-0.25, -0.2) is 0 Å². The Labute approximate surface area is 164 Å². The fraction of sp³-hybridized carbons (Fsp3) is 0.263. The molecular formula is C19H21N3O4Se. The molecule has 2 aromatic carbocycles. The van der Waals surface area contributed by atoms with Crippen LogP contribution in [0.5, 0.6) is 23.0 Å². The molecule has 0 unspecified atom stereocenters. The zero-order valence-corrected chi connectivity index (χ0v) is 17.3. The van der Waals surface area contributed by atoms with Gasteiger partial charge in [0.15, 0.2) is 0 Å². The summed E-state index contributed by atoms with van der Waals surface area (Å²) in [6, 6.07) is 9.40. The van der Waals surface area contributed by atoms with E-state index in [2.05, 4.69) is 7.96 Å². The molecule has 0 aliphatic rings. The summed E-state index contributed by atoms with van der Waals surface area (Å²) in [5, 5.41) is 0. The van der Waals surface area contributed by atoms with Gasteiger partial charge < -0.3 is 0 Å². The Bertz CT molecular complexity index is 917. The zero-order valence-electron chi connectivity index (χ0n) is 15.6. The second-order valence-corrected chi connectivity index (χ2v) is 6.67. The van der Waals surface area contributed by atoms with Crippen LogP contribution in [0.1, 0.15) is 6.92 Å². The first kappa shape index (κ1) is 19.1. The number of nitrogens with zero attached hydrogens (tertiary/aromatic N) is 2. The van der Waals surface area contributed by atoms with E-state index in [0.717, 1.165) is 22.5 Å². The van der Waals surface area contributed by atoms with Crippen molar-refractivity contribution in [2.24, 2.45) is 0 Å². The molecule has 0 fully saturated rings. The van der Waals surface area contributed by atoms with Gasteiger partial charge in [0.25, 0.3) is 0 Å². The predicted octanol–water partition coefficient (Wildman–Crippen LogP) is 2.87. The van der Waals surface area contributed by atoms with Crippen LogP contribution in [0.4, 0.5) is 5.69 Å². The minimum absolute atomic E-state index is 0.224. The van der Waals surface area contributed by atoms with Crippen LogP contribution >= 0.6 is 0 Å². The van der Waals surface area contributed by atoms with Crippen molar-refractivity contribution in [2.75, 3.05) is 33.7 Å². The first-order valence-electron chi connectivity index (χ1n) is 8.28. The van der Waals surface area contributed by atoms with Gasteiger partial charge >= 0.3 is 164 Å². The summed E-state index contributed by atoms with van der Waals surface area (Å²) in [5.74, 6) is 2.34. The number of anilines is 1. The quantitative estimate of drug-likeness (QED) is 0.452. The summed E-state index contributed by atoms with van der Waals surface area (Å²) in [6.45, 7) is 2.48. The molecule has 27 heavy (non-hydrogen) atoms. The molecule has 1 heterocycles. The van der Waals surface area contributed by atoms with Gasteiger partial charge in [-0.05, 0) is 0 Å². The molecule has 0 aliphatic heterocycles. The topological polar surface area (TPSA) is 88.7 Å². The second kappa shape index (κ2) is 8.33. The van der Waals surface area contributed by atoms with Crippen molar-refractivity contribution >= 4 is 20.6 Å². The SMILES string of the molecule is CCOc1ccc(-c2n[se]nc2-c2cc(OC)c(OC)c(OC)c2)cc1N. The Hall–Kier alpha value is -2.70. The maximum absolute atomic E-state index is 6.12. The Kier molecular flexibility index (Phi) is 5.88. The van der Waals surface area contributed by atoms with E-state index in [1.54, 1.807) is 21.3 Å². The molecule has 3 aromatic rings. The minimum atomic E-state index is -0.224.